The van der Waals surface area contributed by atoms with Crippen molar-refractivity contribution in [2.75, 3.05) is 0 Å². The number of hydrogen-bond donors (Lipinski definition) is 1. The molecule has 0 saturated heterocycles. The third kappa shape index (κ3) is 2.88. The van der Waals surface area contributed by atoms with Crippen molar-refractivity contribution in [3.05, 3.63) is 52.2 Å². The molecule has 2 aromatic heterocycles. The molecule has 2 rings (SSSR count). The monoisotopic (exact) mass is 250 g/mol. The number of hydrogen-bond acceptors (Lipinski definition) is 3. The molecule has 17 heavy (non-hydrogen) atoms. The lowest BCUT2D eigenvalue weighted by Crippen LogP contribution is -2.27. The van der Waals surface area contributed by atoms with Gasteiger partial charge in [0.2, 0.25) is 5.95 Å². The molecule has 0 radical (unpaired) electrons. The molecule has 0 aliphatic heterocycles. The molecule has 1 unspecified atom stereocenters. The first kappa shape index (κ1) is 11.7. The summed E-state index contributed by atoms with van der Waals surface area (Å²) in [5.74, 6) is -1.02. The van der Waals surface area contributed by atoms with E-state index in [1.54, 1.807) is 11.3 Å². The number of pyridine rings is 1. The van der Waals surface area contributed by atoms with E-state index in [0.29, 0.717) is 0 Å². The molecule has 2 aromatic rings. The number of halogens is 1. The summed E-state index contributed by atoms with van der Waals surface area (Å²) in [6, 6.07) is 7.91. The van der Waals surface area contributed by atoms with Gasteiger partial charge in [-0.25, -0.2) is 4.98 Å². The van der Waals surface area contributed by atoms with Crippen LogP contribution in [0, 0.1) is 5.95 Å². The van der Waals surface area contributed by atoms with Crippen molar-refractivity contribution in [2.45, 2.75) is 13.0 Å². The topological polar surface area (TPSA) is 42.0 Å². The van der Waals surface area contributed by atoms with Crippen LogP contribution in [0.5, 0.6) is 0 Å². The van der Waals surface area contributed by atoms with Crippen molar-refractivity contribution in [3.63, 3.8) is 0 Å². The van der Waals surface area contributed by atoms with Gasteiger partial charge < -0.3 is 5.32 Å². The zero-order valence-corrected chi connectivity index (χ0v) is 10.00. The van der Waals surface area contributed by atoms with Crippen LogP contribution in [0.4, 0.5) is 4.39 Å². The van der Waals surface area contributed by atoms with Crippen LogP contribution in [0.1, 0.15) is 28.3 Å². The highest BCUT2D eigenvalue weighted by Crippen LogP contribution is 2.18. The minimum atomic E-state index is -0.651. The average molecular weight is 250 g/mol. The van der Waals surface area contributed by atoms with Crippen molar-refractivity contribution in [2.24, 2.45) is 0 Å². The molecule has 88 valence electrons. The summed E-state index contributed by atoms with van der Waals surface area (Å²) >= 11 is 1.56. The largest absolute Gasteiger partial charge is 0.343 e. The van der Waals surface area contributed by atoms with Crippen LogP contribution in [-0.2, 0) is 0 Å². The Bertz CT molecular complexity index is 513. The van der Waals surface area contributed by atoms with Gasteiger partial charge in [-0.15, -0.1) is 11.3 Å². The molecule has 0 saturated carbocycles. The molecule has 0 bridgehead atoms. The summed E-state index contributed by atoms with van der Waals surface area (Å²) in [4.78, 5) is 16.3. The van der Waals surface area contributed by atoms with Crippen LogP contribution in [0.15, 0.2) is 35.7 Å². The number of nitrogens with zero attached hydrogens (tertiary/aromatic N) is 1. The van der Waals surface area contributed by atoms with E-state index in [2.05, 4.69) is 10.3 Å². The molecule has 0 aromatic carbocycles. The summed E-state index contributed by atoms with van der Waals surface area (Å²) in [5, 5.41) is 4.71. The summed E-state index contributed by atoms with van der Waals surface area (Å²) in [7, 11) is 0. The molecule has 5 heteroatoms. The van der Waals surface area contributed by atoms with Crippen LogP contribution in [0.2, 0.25) is 0 Å². The Morgan fingerprint density at radius 2 is 2.24 bits per heavy atom. The smallest absolute Gasteiger partial charge is 0.270 e. The fourth-order valence-corrected chi connectivity index (χ4v) is 2.15. The molecule has 0 fully saturated rings. The fraction of sp³-hybridized carbons (Fsp3) is 0.167. The van der Waals surface area contributed by atoms with Gasteiger partial charge in [-0.1, -0.05) is 12.1 Å². The second-order valence-electron chi connectivity index (χ2n) is 3.56. The van der Waals surface area contributed by atoms with Gasteiger partial charge in [-0.3, -0.25) is 4.79 Å². The fourth-order valence-electron chi connectivity index (χ4n) is 1.41. The number of amides is 1. The van der Waals surface area contributed by atoms with Crippen molar-refractivity contribution >= 4 is 17.2 Å². The predicted molar refractivity (Wildman–Crippen MR) is 64.4 cm³/mol. The summed E-state index contributed by atoms with van der Waals surface area (Å²) in [5.41, 5.74) is 0.0911. The molecule has 2 heterocycles. The molecule has 1 amide bonds. The Morgan fingerprint density at radius 1 is 1.41 bits per heavy atom. The van der Waals surface area contributed by atoms with Crippen LogP contribution in [-0.4, -0.2) is 10.9 Å². The Hall–Kier alpha value is -1.75. The molecule has 0 aliphatic carbocycles. The minimum Gasteiger partial charge on any atom is -0.343 e. The van der Waals surface area contributed by atoms with E-state index in [-0.39, 0.29) is 17.6 Å². The molecular weight excluding hydrogens is 239 g/mol. The van der Waals surface area contributed by atoms with E-state index in [1.165, 1.54) is 18.2 Å². The first-order valence-electron chi connectivity index (χ1n) is 5.13. The Kier molecular flexibility index (Phi) is 3.49. The molecule has 0 spiro atoms. The van der Waals surface area contributed by atoms with E-state index in [4.69, 9.17) is 0 Å². The molecular formula is C12H11FN2OS. The third-order valence-electron chi connectivity index (χ3n) is 2.27. The standard InChI is InChI=1S/C12H11FN2OS/c1-8(10-5-3-7-17-10)14-12(16)9-4-2-6-11(13)15-9/h2-8H,1H3,(H,14,16). The van der Waals surface area contributed by atoms with E-state index in [0.717, 1.165) is 4.88 Å². The van der Waals surface area contributed by atoms with Crippen LogP contribution < -0.4 is 5.32 Å². The van der Waals surface area contributed by atoms with Gasteiger partial charge in [0.05, 0.1) is 6.04 Å². The molecule has 3 nitrogen and oxygen atoms in total. The number of aromatic nitrogens is 1. The molecule has 0 aliphatic rings. The Balaban J connectivity index is 2.07. The lowest BCUT2D eigenvalue weighted by Gasteiger charge is -2.11. The number of carbonyl (C=O) groups excluding carboxylic acids is 1. The van der Waals surface area contributed by atoms with Gasteiger partial charge in [-0.2, -0.15) is 4.39 Å². The molecule has 1 atom stereocenters. The SMILES string of the molecule is CC(NC(=O)c1cccc(F)n1)c1cccs1. The first-order valence-corrected chi connectivity index (χ1v) is 6.01. The zero-order valence-electron chi connectivity index (χ0n) is 9.18. The van der Waals surface area contributed by atoms with Crippen molar-refractivity contribution < 1.29 is 9.18 Å². The van der Waals surface area contributed by atoms with Crippen molar-refractivity contribution in [3.8, 4) is 0 Å². The maximum Gasteiger partial charge on any atom is 0.270 e. The van der Waals surface area contributed by atoms with Gasteiger partial charge in [0.15, 0.2) is 0 Å². The van der Waals surface area contributed by atoms with Crippen LogP contribution in [0.25, 0.3) is 0 Å². The number of nitrogens with one attached hydrogen (secondary N) is 1. The van der Waals surface area contributed by atoms with Crippen molar-refractivity contribution in [1.29, 1.82) is 0 Å². The second-order valence-corrected chi connectivity index (χ2v) is 4.54. The van der Waals surface area contributed by atoms with E-state index in [1.807, 2.05) is 24.4 Å². The van der Waals surface area contributed by atoms with Gasteiger partial charge in [0.25, 0.3) is 5.91 Å². The third-order valence-corrected chi connectivity index (χ3v) is 3.32. The number of rotatable bonds is 3. The maximum atomic E-state index is 12.8. The van der Waals surface area contributed by atoms with Crippen LogP contribution in [0.3, 0.4) is 0 Å². The lowest BCUT2D eigenvalue weighted by molar-refractivity contribution is 0.0934. The first-order chi connectivity index (χ1) is 8.16. The van der Waals surface area contributed by atoms with E-state index in [9.17, 15) is 9.18 Å². The summed E-state index contributed by atoms with van der Waals surface area (Å²) in [6.45, 7) is 1.88. The van der Waals surface area contributed by atoms with Gasteiger partial charge in [-0.05, 0) is 30.5 Å². The maximum absolute atomic E-state index is 12.8. The second kappa shape index (κ2) is 5.05. The predicted octanol–water partition coefficient (Wildman–Crippen LogP) is 2.77. The normalized spacial score (nSPS) is 12.1. The minimum absolute atomic E-state index is 0.0911. The number of thiophene rings is 1. The summed E-state index contributed by atoms with van der Waals surface area (Å²) < 4.78 is 12.8. The highest BCUT2D eigenvalue weighted by molar-refractivity contribution is 7.10. The number of carbonyl (C=O) groups is 1. The zero-order chi connectivity index (χ0) is 12.3. The Labute approximate surface area is 102 Å². The highest BCUT2D eigenvalue weighted by Gasteiger charge is 2.13. The highest BCUT2D eigenvalue weighted by atomic mass is 32.1. The lowest BCUT2D eigenvalue weighted by atomic mass is 10.2. The molecule has 1 N–H and O–H groups in total. The summed E-state index contributed by atoms with van der Waals surface area (Å²) in [6.07, 6.45) is 0. The van der Waals surface area contributed by atoms with E-state index < -0.39 is 5.95 Å². The quantitative estimate of drug-likeness (QED) is 0.851. The van der Waals surface area contributed by atoms with Gasteiger partial charge >= 0.3 is 0 Å². The van der Waals surface area contributed by atoms with E-state index >= 15 is 0 Å². The van der Waals surface area contributed by atoms with Gasteiger partial charge in [0, 0.05) is 4.88 Å². The van der Waals surface area contributed by atoms with Crippen molar-refractivity contribution in [1.82, 2.24) is 10.3 Å². The Morgan fingerprint density at radius 3 is 2.88 bits per heavy atom. The average Bonchev–Trinajstić information content (AvgIpc) is 2.82. The van der Waals surface area contributed by atoms with Crippen LogP contribution >= 0.6 is 11.3 Å². The van der Waals surface area contributed by atoms with Gasteiger partial charge in [0.1, 0.15) is 5.69 Å².